The highest BCUT2D eigenvalue weighted by Crippen LogP contribution is 2.21. The van der Waals surface area contributed by atoms with Gasteiger partial charge in [-0.25, -0.2) is 4.39 Å². The van der Waals surface area contributed by atoms with Gasteiger partial charge in [-0.2, -0.15) is 4.98 Å². The van der Waals surface area contributed by atoms with Crippen molar-refractivity contribution in [2.45, 2.75) is 19.8 Å². The van der Waals surface area contributed by atoms with E-state index in [1.54, 1.807) is 18.2 Å². The highest BCUT2D eigenvalue weighted by Gasteiger charge is 2.04. The summed E-state index contributed by atoms with van der Waals surface area (Å²) >= 11 is 0. The Bertz CT molecular complexity index is 572. The summed E-state index contributed by atoms with van der Waals surface area (Å²) in [6.45, 7) is 3.33. The first-order valence-corrected chi connectivity index (χ1v) is 7.06. The molecule has 3 N–H and O–H groups in total. The van der Waals surface area contributed by atoms with Gasteiger partial charge in [-0.3, -0.25) is 0 Å². The zero-order valence-electron chi connectivity index (χ0n) is 12.1. The highest BCUT2D eigenvalue weighted by atomic mass is 19.1. The van der Waals surface area contributed by atoms with Crippen LogP contribution in [0.1, 0.15) is 18.9 Å². The minimum Gasteiger partial charge on any atom is -0.476 e. The van der Waals surface area contributed by atoms with Gasteiger partial charge < -0.3 is 15.8 Å². The maximum absolute atomic E-state index is 12.8. The molecule has 2 aromatic rings. The normalized spacial score (nSPS) is 10.4. The SMILES string of the molecule is CCCOc1nc(NCCc2ccc(F)cc2)ccc1N. The van der Waals surface area contributed by atoms with Crippen LogP contribution in [0.25, 0.3) is 0 Å². The number of ether oxygens (including phenoxy) is 1. The molecule has 0 saturated heterocycles. The van der Waals surface area contributed by atoms with Gasteiger partial charge in [-0.05, 0) is 42.7 Å². The van der Waals surface area contributed by atoms with Crippen molar-refractivity contribution >= 4 is 11.5 Å². The van der Waals surface area contributed by atoms with Crippen LogP contribution in [0.15, 0.2) is 36.4 Å². The van der Waals surface area contributed by atoms with Crippen molar-refractivity contribution in [1.29, 1.82) is 0 Å². The lowest BCUT2D eigenvalue weighted by atomic mass is 10.1. The molecular formula is C16H20FN3O. The first kappa shape index (κ1) is 15.1. The Morgan fingerprint density at radius 2 is 1.95 bits per heavy atom. The third kappa shape index (κ3) is 4.63. The van der Waals surface area contributed by atoms with Crippen LogP contribution in [-0.2, 0) is 6.42 Å². The number of halogens is 1. The molecule has 0 atom stereocenters. The number of pyridine rings is 1. The zero-order valence-corrected chi connectivity index (χ0v) is 12.1. The van der Waals surface area contributed by atoms with E-state index in [-0.39, 0.29) is 5.82 Å². The van der Waals surface area contributed by atoms with Gasteiger partial charge in [-0.1, -0.05) is 19.1 Å². The molecule has 5 heteroatoms. The fraction of sp³-hybridized carbons (Fsp3) is 0.312. The van der Waals surface area contributed by atoms with Gasteiger partial charge >= 0.3 is 0 Å². The van der Waals surface area contributed by atoms with Gasteiger partial charge in [0.15, 0.2) is 0 Å². The Hall–Kier alpha value is -2.30. The maximum Gasteiger partial charge on any atom is 0.239 e. The second kappa shape index (κ2) is 7.47. The average Bonchev–Trinajstić information content (AvgIpc) is 2.49. The highest BCUT2D eigenvalue weighted by molar-refractivity contribution is 5.53. The van der Waals surface area contributed by atoms with Gasteiger partial charge in [0.2, 0.25) is 5.88 Å². The number of anilines is 2. The second-order valence-corrected chi connectivity index (χ2v) is 4.74. The van der Waals surface area contributed by atoms with Crippen molar-refractivity contribution in [3.8, 4) is 5.88 Å². The van der Waals surface area contributed by atoms with Crippen LogP contribution in [0.5, 0.6) is 5.88 Å². The van der Waals surface area contributed by atoms with E-state index in [1.807, 2.05) is 13.0 Å². The molecule has 0 aliphatic carbocycles. The fourth-order valence-corrected chi connectivity index (χ4v) is 1.85. The number of benzene rings is 1. The molecule has 2 rings (SSSR count). The van der Waals surface area contributed by atoms with E-state index < -0.39 is 0 Å². The number of rotatable bonds is 7. The number of nitrogens with one attached hydrogen (secondary N) is 1. The Kier molecular flexibility index (Phi) is 5.37. The number of nitrogen functional groups attached to an aromatic ring is 1. The lowest BCUT2D eigenvalue weighted by Gasteiger charge is -2.10. The van der Waals surface area contributed by atoms with E-state index in [0.29, 0.717) is 24.7 Å². The molecule has 1 heterocycles. The molecule has 0 aliphatic rings. The lowest BCUT2D eigenvalue weighted by molar-refractivity contribution is 0.307. The summed E-state index contributed by atoms with van der Waals surface area (Å²) in [5, 5.41) is 3.21. The van der Waals surface area contributed by atoms with Crippen LogP contribution in [0.4, 0.5) is 15.9 Å². The average molecular weight is 289 g/mol. The summed E-state index contributed by atoms with van der Waals surface area (Å²) in [7, 11) is 0. The molecule has 0 amide bonds. The van der Waals surface area contributed by atoms with Crippen LogP contribution < -0.4 is 15.8 Å². The van der Waals surface area contributed by atoms with E-state index in [9.17, 15) is 4.39 Å². The second-order valence-electron chi connectivity index (χ2n) is 4.74. The minimum atomic E-state index is -0.218. The van der Waals surface area contributed by atoms with E-state index >= 15 is 0 Å². The third-order valence-corrected chi connectivity index (χ3v) is 2.97. The topological polar surface area (TPSA) is 60.2 Å². The quantitative estimate of drug-likeness (QED) is 0.821. The largest absolute Gasteiger partial charge is 0.476 e. The van der Waals surface area contributed by atoms with Crippen molar-refractivity contribution in [3.05, 3.63) is 47.8 Å². The van der Waals surface area contributed by atoms with Crippen LogP contribution in [0.2, 0.25) is 0 Å². The Morgan fingerprint density at radius 1 is 1.19 bits per heavy atom. The molecule has 0 aliphatic heterocycles. The summed E-state index contributed by atoms with van der Waals surface area (Å²) in [6.07, 6.45) is 1.70. The number of aromatic nitrogens is 1. The van der Waals surface area contributed by atoms with Crippen LogP contribution in [0.3, 0.4) is 0 Å². The summed E-state index contributed by atoms with van der Waals surface area (Å²) in [6, 6.07) is 10.1. The van der Waals surface area contributed by atoms with Crippen molar-refractivity contribution in [1.82, 2.24) is 4.98 Å². The number of hydrogen-bond acceptors (Lipinski definition) is 4. The van der Waals surface area contributed by atoms with Gasteiger partial charge in [0.05, 0.1) is 12.3 Å². The molecule has 0 bridgehead atoms. The molecule has 1 aromatic heterocycles. The van der Waals surface area contributed by atoms with Crippen LogP contribution in [-0.4, -0.2) is 18.1 Å². The molecule has 0 saturated carbocycles. The monoisotopic (exact) mass is 289 g/mol. The Balaban J connectivity index is 1.89. The van der Waals surface area contributed by atoms with Crippen molar-refractivity contribution in [2.24, 2.45) is 0 Å². The predicted octanol–water partition coefficient (Wildman–Crippen LogP) is 3.25. The minimum absolute atomic E-state index is 0.218. The molecule has 4 nitrogen and oxygen atoms in total. The molecule has 21 heavy (non-hydrogen) atoms. The standard InChI is InChI=1S/C16H20FN3O/c1-2-11-21-16-14(18)7-8-15(20-16)19-10-9-12-3-5-13(17)6-4-12/h3-8H,2,9-11,18H2,1H3,(H,19,20). The van der Waals surface area contributed by atoms with Crippen LogP contribution >= 0.6 is 0 Å². The van der Waals surface area contributed by atoms with Gasteiger partial charge in [0.25, 0.3) is 0 Å². The predicted molar refractivity (Wildman–Crippen MR) is 83.0 cm³/mol. The molecular weight excluding hydrogens is 269 g/mol. The molecule has 0 spiro atoms. The molecule has 0 fully saturated rings. The zero-order chi connectivity index (χ0) is 15.1. The Morgan fingerprint density at radius 3 is 2.67 bits per heavy atom. The third-order valence-electron chi connectivity index (χ3n) is 2.97. The van der Waals surface area contributed by atoms with Gasteiger partial charge in [-0.15, -0.1) is 0 Å². The van der Waals surface area contributed by atoms with Crippen molar-refractivity contribution < 1.29 is 9.13 Å². The van der Waals surface area contributed by atoms with Crippen LogP contribution in [0, 0.1) is 5.82 Å². The summed E-state index contributed by atoms with van der Waals surface area (Å²) in [5.74, 6) is 0.964. The number of nitrogens with two attached hydrogens (primary N) is 1. The fourth-order valence-electron chi connectivity index (χ4n) is 1.85. The van der Waals surface area contributed by atoms with Crippen molar-refractivity contribution in [2.75, 3.05) is 24.2 Å². The maximum atomic E-state index is 12.8. The smallest absolute Gasteiger partial charge is 0.239 e. The van der Waals surface area contributed by atoms with Gasteiger partial charge in [0, 0.05) is 6.54 Å². The van der Waals surface area contributed by atoms with E-state index in [1.165, 1.54) is 12.1 Å². The van der Waals surface area contributed by atoms with E-state index in [0.717, 1.165) is 24.2 Å². The summed E-state index contributed by atoms with van der Waals surface area (Å²) < 4.78 is 18.3. The number of hydrogen-bond donors (Lipinski definition) is 2. The Labute approximate surface area is 124 Å². The van der Waals surface area contributed by atoms with E-state index in [4.69, 9.17) is 10.5 Å². The molecule has 112 valence electrons. The lowest BCUT2D eigenvalue weighted by Crippen LogP contribution is -2.08. The first-order valence-electron chi connectivity index (χ1n) is 7.06. The summed E-state index contributed by atoms with van der Waals surface area (Å²) in [4.78, 5) is 4.34. The number of nitrogens with zero attached hydrogens (tertiary/aromatic N) is 1. The molecule has 0 radical (unpaired) electrons. The van der Waals surface area contributed by atoms with Gasteiger partial charge in [0.1, 0.15) is 11.6 Å². The molecule has 0 unspecified atom stereocenters. The molecule has 1 aromatic carbocycles. The van der Waals surface area contributed by atoms with Crippen molar-refractivity contribution in [3.63, 3.8) is 0 Å². The first-order chi connectivity index (χ1) is 10.2. The van der Waals surface area contributed by atoms with E-state index in [2.05, 4.69) is 10.3 Å². The summed E-state index contributed by atoms with van der Waals surface area (Å²) in [5.41, 5.74) is 7.42.